The molecule has 0 spiro atoms. The summed E-state index contributed by atoms with van der Waals surface area (Å²) >= 11 is 0. The molecular formula is C23H42O. The van der Waals surface area contributed by atoms with E-state index in [-0.39, 0.29) is 5.78 Å². The van der Waals surface area contributed by atoms with Crippen molar-refractivity contribution in [3.63, 3.8) is 0 Å². The van der Waals surface area contributed by atoms with E-state index in [0.29, 0.717) is 0 Å². The van der Waals surface area contributed by atoms with Crippen LogP contribution in [0.2, 0.25) is 0 Å². The second kappa shape index (κ2) is 17.0. The molecule has 0 radical (unpaired) electrons. The minimum absolute atomic E-state index is 0.230. The molecule has 0 aliphatic rings. The summed E-state index contributed by atoms with van der Waals surface area (Å²) in [6.07, 6.45) is 20.7. The van der Waals surface area contributed by atoms with Crippen molar-refractivity contribution in [2.24, 2.45) is 0 Å². The molecule has 0 saturated heterocycles. The van der Waals surface area contributed by atoms with Gasteiger partial charge in [-0.2, -0.15) is 0 Å². The summed E-state index contributed by atoms with van der Waals surface area (Å²) in [6, 6.07) is 0. The van der Waals surface area contributed by atoms with Crippen LogP contribution in [0.5, 0.6) is 0 Å². The summed E-state index contributed by atoms with van der Waals surface area (Å²) in [5.74, 6) is 0.230. The molecule has 1 heteroatoms. The quantitative estimate of drug-likeness (QED) is 0.207. The average Bonchev–Trinajstić information content (AvgIpc) is 2.55. The van der Waals surface area contributed by atoms with Gasteiger partial charge in [-0.25, -0.2) is 0 Å². The minimum atomic E-state index is 0.230. The third-order valence-corrected chi connectivity index (χ3v) is 4.54. The van der Waals surface area contributed by atoms with Crippen LogP contribution >= 0.6 is 0 Å². The summed E-state index contributed by atoms with van der Waals surface area (Å²) in [7, 11) is 0. The summed E-state index contributed by atoms with van der Waals surface area (Å²) in [5, 5.41) is 0. The number of ketones is 1. The Balaban J connectivity index is 4.61. The molecule has 140 valence electrons. The molecule has 0 saturated carbocycles. The number of unbranched alkanes of at least 4 members (excludes halogenated alkanes) is 6. The number of allylic oxidation sites excluding steroid dienone is 4. The number of carbonyl (C=O) groups is 1. The highest BCUT2D eigenvalue weighted by Gasteiger charge is 2.04. The normalized spacial score (nSPS) is 12.7. The largest absolute Gasteiger partial charge is 0.290 e. The second-order valence-corrected chi connectivity index (χ2v) is 7.13. The molecule has 0 N–H and O–H groups in total. The van der Waals surface area contributed by atoms with Crippen molar-refractivity contribution in [2.75, 3.05) is 0 Å². The van der Waals surface area contributed by atoms with Crippen LogP contribution in [0.15, 0.2) is 23.3 Å². The Labute approximate surface area is 152 Å². The molecule has 0 atom stereocenters. The Hall–Kier alpha value is -0.850. The highest BCUT2D eigenvalue weighted by molar-refractivity contribution is 6.00. The lowest BCUT2D eigenvalue weighted by Gasteiger charge is -2.07. The standard InChI is InChI=1S/C23H42O/c1-5-9-11-13-17-21(15-7-3)19-23(24)20-22(16-8-4)18-14-12-10-6-2/h19-20H,5-18H2,1-4H3. The van der Waals surface area contributed by atoms with Gasteiger partial charge in [0, 0.05) is 0 Å². The van der Waals surface area contributed by atoms with Crippen molar-refractivity contribution in [1.82, 2.24) is 0 Å². The van der Waals surface area contributed by atoms with Gasteiger partial charge in [-0.1, -0.05) is 90.2 Å². The van der Waals surface area contributed by atoms with E-state index in [9.17, 15) is 4.79 Å². The molecule has 0 bridgehead atoms. The van der Waals surface area contributed by atoms with Gasteiger partial charge in [0.05, 0.1) is 0 Å². The van der Waals surface area contributed by atoms with E-state index >= 15 is 0 Å². The molecule has 0 fully saturated rings. The molecule has 0 rings (SSSR count). The van der Waals surface area contributed by atoms with Gasteiger partial charge in [0.15, 0.2) is 5.78 Å². The predicted molar refractivity (Wildman–Crippen MR) is 109 cm³/mol. The number of carbonyl (C=O) groups excluding carboxylic acids is 1. The van der Waals surface area contributed by atoms with Gasteiger partial charge in [0.2, 0.25) is 0 Å². The first-order valence-electron chi connectivity index (χ1n) is 10.6. The average molecular weight is 335 g/mol. The van der Waals surface area contributed by atoms with Crippen LogP contribution in [0.1, 0.15) is 118 Å². The Morgan fingerprint density at radius 2 is 0.958 bits per heavy atom. The van der Waals surface area contributed by atoms with E-state index in [4.69, 9.17) is 0 Å². The molecule has 0 aromatic heterocycles. The monoisotopic (exact) mass is 334 g/mol. The molecule has 24 heavy (non-hydrogen) atoms. The molecule has 0 unspecified atom stereocenters. The van der Waals surface area contributed by atoms with Gasteiger partial charge >= 0.3 is 0 Å². The molecule has 0 aromatic carbocycles. The third-order valence-electron chi connectivity index (χ3n) is 4.54. The highest BCUT2D eigenvalue weighted by atomic mass is 16.1. The fraction of sp³-hybridized carbons (Fsp3) is 0.783. The summed E-state index contributed by atoms with van der Waals surface area (Å²) < 4.78 is 0. The fourth-order valence-corrected chi connectivity index (χ4v) is 3.18. The van der Waals surface area contributed by atoms with Gasteiger partial charge in [-0.15, -0.1) is 0 Å². The lowest BCUT2D eigenvalue weighted by atomic mass is 9.98. The maximum Gasteiger partial charge on any atom is 0.178 e. The van der Waals surface area contributed by atoms with E-state index in [2.05, 4.69) is 27.7 Å². The van der Waals surface area contributed by atoms with Gasteiger partial charge < -0.3 is 0 Å². The molecular weight excluding hydrogens is 292 g/mol. The topological polar surface area (TPSA) is 17.1 Å². The van der Waals surface area contributed by atoms with E-state index in [1.165, 1.54) is 62.5 Å². The zero-order valence-electron chi connectivity index (χ0n) is 17.0. The Morgan fingerprint density at radius 3 is 1.29 bits per heavy atom. The first kappa shape index (κ1) is 23.1. The van der Waals surface area contributed by atoms with Crippen LogP contribution in [0.4, 0.5) is 0 Å². The molecule has 0 heterocycles. The zero-order valence-corrected chi connectivity index (χ0v) is 17.0. The van der Waals surface area contributed by atoms with Crippen LogP contribution in [0.25, 0.3) is 0 Å². The van der Waals surface area contributed by atoms with Gasteiger partial charge in [-0.3, -0.25) is 4.79 Å². The van der Waals surface area contributed by atoms with E-state index < -0.39 is 0 Å². The summed E-state index contributed by atoms with van der Waals surface area (Å²) in [4.78, 5) is 12.4. The number of rotatable bonds is 16. The second-order valence-electron chi connectivity index (χ2n) is 7.13. The van der Waals surface area contributed by atoms with Gasteiger partial charge in [-0.05, 0) is 50.7 Å². The van der Waals surface area contributed by atoms with Crippen molar-refractivity contribution in [1.29, 1.82) is 0 Å². The number of hydrogen-bond donors (Lipinski definition) is 0. The Morgan fingerprint density at radius 1 is 0.542 bits per heavy atom. The van der Waals surface area contributed by atoms with Crippen molar-refractivity contribution in [3.05, 3.63) is 23.3 Å². The van der Waals surface area contributed by atoms with Crippen molar-refractivity contribution in [2.45, 2.75) is 118 Å². The SMILES string of the molecule is CCCCCCC(=CC(=O)C=C(CCC)CCCCCC)CCC. The zero-order chi connectivity index (χ0) is 18.0. The molecule has 0 aliphatic carbocycles. The smallest absolute Gasteiger partial charge is 0.178 e. The molecule has 0 aliphatic heterocycles. The summed E-state index contributed by atoms with van der Waals surface area (Å²) in [6.45, 7) is 8.90. The van der Waals surface area contributed by atoms with E-state index in [1.54, 1.807) is 0 Å². The predicted octanol–water partition coefficient (Wildman–Crippen LogP) is 7.95. The number of hydrogen-bond acceptors (Lipinski definition) is 1. The lowest BCUT2D eigenvalue weighted by Crippen LogP contribution is -1.96. The van der Waals surface area contributed by atoms with Crippen molar-refractivity contribution >= 4 is 5.78 Å². The maximum absolute atomic E-state index is 12.4. The van der Waals surface area contributed by atoms with Crippen LogP contribution in [-0.2, 0) is 4.79 Å². The first-order chi connectivity index (χ1) is 11.7. The Bertz CT molecular complexity index is 328. The van der Waals surface area contributed by atoms with Gasteiger partial charge in [0.25, 0.3) is 0 Å². The lowest BCUT2D eigenvalue weighted by molar-refractivity contribution is -0.110. The summed E-state index contributed by atoms with van der Waals surface area (Å²) in [5.41, 5.74) is 2.72. The fourth-order valence-electron chi connectivity index (χ4n) is 3.18. The third kappa shape index (κ3) is 13.6. The van der Waals surface area contributed by atoms with Crippen LogP contribution in [-0.4, -0.2) is 5.78 Å². The first-order valence-corrected chi connectivity index (χ1v) is 10.6. The van der Waals surface area contributed by atoms with Crippen molar-refractivity contribution in [3.8, 4) is 0 Å². The van der Waals surface area contributed by atoms with E-state index in [1.807, 2.05) is 12.2 Å². The van der Waals surface area contributed by atoms with Crippen LogP contribution in [0, 0.1) is 0 Å². The van der Waals surface area contributed by atoms with Crippen LogP contribution in [0.3, 0.4) is 0 Å². The van der Waals surface area contributed by atoms with Crippen LogP contribution < -0.4 is 0 Å². The maximum atomic E-state index is 12.4. The molecule has 0 amide bonds. The Kier molecular flexibility index (Phi) is 16.4. The molecule has 1 nitrogen and oxygen atoms in total. The van der Waals surface area contributed by atoms with Gasteiger partial charge in [0.1, 0.15) is 0 Å². The molecule has 0 aromatic rings. The minimum Gasteiger partial charge on any atom is -0.290 e. The van der Waals surface area contributed by atoms with Crippen molar-refractivity contribution < 1.29 is 4.79 Å². The van der Waals surface area contributed by atoms with E-state index in [0.717, 1.165) is 38.5 Å². The highest BCUT2D eigenvalue weighted by Crippen LogP contribution is 2.18.